The van der Waals surface area contributed by atoms with E-state index in [9.17, 15) is 19.5 Å². The smallest absolute Gasteiger partial charge is 0.340 e. The van der Waals surface area contributed by atoms with Crippen LogP contribution in [0.2, 0.25) is 0 Å². The molecule has 2 atom stereocenters. The molecule has 9 nitrogen and oxygen atoms in total. The number of hydrogen-bond acceptors (Lipinski definition) is 9. The fraction of sp³-hybridized carbons (Fsp3) is 0.222. The summed E-state index contributed by atoms with van der Waals surface area (Å²) in [6.45, 7) is 4.67. The maximum Gasteiger partial charge on any atom is 0.340 e. The molecule has 0 amide bonds. The average Bonchev–Trinajstić information content (AvgIpc) is 2.85. The summed E-state index contributed by atoms with van der Waals surface area (Å²) in [5.74, 6) is -3.94. The predicted octanol–water partition coefficient (Wildman–Crippen LogP) is 3.85. The van der Waals surface area contributed by atoms with Crippen LogP contribution in [0.3, 0.4) is 0 Å². The lowest BCUT2D eigenvalue weighted by Crippen LogP contribution is -2.44. The van der Waals surface area contributed by atoms with Crippen molar-refractivity contribution < 1.29 is 38.4 Å². The minimum Gasteiger partial charge on any atom is -0.507 e. The number of fused-ring (bicyclic) bond motifs is 2. The number of esters is 1. The van der Waals surface area contributed by atoms with Crippen molar-refractivity contribution in [2.75, 3.05) is 12.3 Å². The van der Waals surface area contributed by atoms with Gasteiger partial charge < -0.3 is 29.8 Å². The molecule has 1 aliphatic rings. The van der Waals surface area contributed by atoms with Crippen LogP contribution >= 0.6 is 0 Å². The van der Waals surface area contributed by atoms with Gasteiger partial charge in [-0.3, -0.25) is 9.59 Å². The van der Waals surface area contributed by atoms with Crippen LogP contribution in [0, 0.1) is 0 Å². The number of ether oxygens (including phenoxy) is 4. The Morgan fingerprint density at radius 1 is 1.00 bits per heavy atom. The van der Waals surface area contributed by atoms with Gasteiger partial charge in [-0.05, 0) is 26.0 Å². The quantitative estimate of drug-likeness (QED) is 0.124. The number of phenolic OH excluding ortho intramolecular Hbond substituents is 1. The van der Waals surface area contributed by atoms with E-state index in [4.69, 9.17) is 24.7 Å². The van der Waals surface area contributed by atoms with Crippen LogP contribution in [0.4, 0.5) is 5.69 Å². The molecule has 2 unspecified atom stereocenters. The molecule has 0 spiro atoms. The Morgan fingerprint density at radius 2 is 1.58 bits per heavy atom. The van der Waals surface area contributed by atoms with Gasteiger partial charge in [0.2, 0.25) is 0 Å². The summed E-state index contributed by atoms with van der Waals surface area (Å²) in [5, 5.41) is 10.7. The number of carbonyl (C=O) groups is 3. The lowest BCUT2D eigenvalue weighted by Gasteiger charge is -2.32. The molecule has 0 bridgehead atoms. The van der Waals surface area contributed by atoms with Crippen molar-refractivity contribution in [1.29, 1.82) is 0 Å². The van der Waals surface area contributed by atoms with Crippen LogP contribution in [0.5, 0.6) is 17.2 Å². The number of para-hydroxylation sites is 1. The molecule has 3 aromatic carbocycles. The van der Waals surface area contributed by atoms with Crippen molar-refractivity contribution in [1.82, 2.24) is 0 Å². The minimum absolute atomic E-state index is 0.124. The first kappa shape index (κ1) is 24.9. The fourth-order valence-electron chi connectivity index (χ4n) is 3.96. The van der Waals surface area contributed by atoms with E-state index < -0.39 is 35.4 Å². The molecule has 1 aliphatic carbocycles. The maximum absolute atomic E-state index is 13.2. The third-order valence-electron chi connectivity index (χ3n) is 5.57. The summed E-state index contributed by atoms with van der Waals surface area (Å²) in [6.07, 6.45) is -1.13. The Labute approximate surface area is 207 Å². The van der Waals surface area contributed by atoms with Gasteiger partial charge in [0.25, 0.3) is 0 Å². The van der Waals surface area contributed by atoms with Crippen LogP contribution in [0.1, 0.15) is 52.6 Å². The van der Waals surface area contributed by atoms with Gasteiger partial charge in [-0.2, -0.15) is 0 Å². The van der Waals surface area contributed by atoms with Gasteiger partial charge in [0.05, 0.1) is 23.4 Å². The van der Waals surface area contributed by atoms with E-state index in [2.05, 4.69) is 0 Å². The summed E-state index contributed by atoms with van der Waals surface area (Å²) in [4.78, 5) is 38.7. The largest absolute Gasteiger partial charge is 0.507 e. The van der Waals surface area contributed by atoms with Crippen molar-refractivity contribution in [3.63, 3.8) is 0 Å². The van der Waals surface area contributed by atoms with Crippen LogP contribution in [0.15, 0.2) is 60.7 Å². The van der Waals surface area contributed by atoms with E-state index in [1.807, 2.05) is 0 Å². The van der Waals surface area contributed by atoms with Crippen LogP contribution in [-0.4, -0.2) is 41.3 Å². The first-order valence-corrected chi connectivity index (χ1v) is 11.3. The van der Waals surface area contributed by atoms with E-state index in [1.54, 1.807) is 49.4 Å². The van der Waals surface area contributed by atoms with Gasteiger partial charge in [0.1, 0.15) is 11.5 Å². The molecule has 0 aliphatic heterocycles. The normalized spacial score (nSPS) is 14.9. The number of aromatic hydroxyl groups is 1. The first-order chi connectivity index (χ1) is 17.1. The molecule has 0 aromatic heterocycles. The molecule has 9 heteroatoms. The zero-order valence-corrected chi connectivity index (χ0v) is 19.9. The van der Waals surface area contributed by atoms with E-state index in [0.717, 1.165) is 6.07 Å². The fourth-order valence-corrected chi connectivity index (χ4v) is 3.96. The third kappa shape index (κ3) is 4.66. The van der Waals surface area contributed by atoms with Crippen molar-refractivity contribution in [2.45, 2.75) is 32.8 Å². The summed E-state index contributed by atoms with van der Waals surface area (Å²) >= 11 is 0. The van der Waals surface area contributed by atoms with Crippen molar-refractivity contribution in [2.24, 2.45) is 0 Å². The van der Waals surface area contributed by atoms with E-state index >= 15 is 0 Å². The van der Waals surface area contributed by atoms with Crippen molar-refractivity contribution in [3.05, 3.63) is 82.9 Å². The van der Waals surface area contributed by atoms with E-state index in [-0.39, 0.29) is 40.3 Å². The number of hydrogen-bond donors (Lipinski definition) is 2. The monoisotopic (exact) mass is 491 g/mol. The topological polar surface area (TPSA) is 134 Å². The third-order valence-corrected chi connectivity index (χ3v) is 5.57. The summed E-state index contributed by atoms with van der Waals surface area (Å²) in [7, 11) is 0. The summed E-state index contributed by atoms with van der Waals surface area (Å²) in [6, 6.07) is 15.8. The SMILES string of the molecule is CCOC(C)(Oc1cc(O)c2c(c1N)C(=O)c1ccccc1C2=O)OC(C)C(=O)Oc1ccccc1. The summed E-state index contributed by atoms with van der Waals surface area (Å²) in [5.41, 5.74) is 6.05. The molecule has 4 rings (SSSR count). The van der Waals surface area contributed by atoms with Crippen LogP contribution in [0.25, 0.3) is 0 Å². The highest BCUT2D eigenvalue weighted by Crippen LogP contribution is 2.42. The number of phenols is 1. The predicted molar refractivity (Wildman–Crippen MR) is 129 cm³/mol. The van der Waals surface area contributed by atoms with Crippen LogP contribution in [-0.2, 0) is 14.3 Å². The molecule has 0 radical (unpaired) electrons. The molecule has 3 N–H and O–H groups in total. The Balaban J connectivity index is 1.63. The van der Waals surface area contributed by atoms with Crippen molar-refractivity contribution in [3.8, 4) is 17.2 Å². The van der Waals surface area contributed by atoms with Crippen molar-refractivity contribution >= 4 is 23.2 Å². The zero-order chi connectivity index (χ0) is 26.0. The molecule has 0 fully saturated rings. The number of ketones is 2. The first-order valence-electron chi connectivity index (χ1n) is 11.3. The number of nitrogens with two attached hydrogens (primary N) is 1. The van der Waals surface area contributed by atoms with Gasteiger partial charge in [-0.1, -0.05) is 42.5 Å². The highest BCUT2D eigenvalue weighted by atomic mass is 16.9. The number of anilines is 1. The molecule has 0 saturated carbocycles. The Morgan fingerprint density at radius 3 is 2.19 bits per heavy atom. The molecule has 186 valence electrons. The lowest BCUT2D eigenvalue weighted by molar-refractivity contribution is -0.341. The second kappa shape index (κ2) is 9.80. The van der Waals surface area contributed by atoms with Gasteiger partial charge in [-0.15, -0.1) is 0 Å². The van der Waals surface area contributed by atoms with Gasteiger partial charge >= 0.3 is 11.9 Å². The highest BCUT2D eigenvalue weighted by molar-refractivity contribution is 6.31. The number of rotatable bonds is 8. The number of nitrogen functional groups attached to an aromatic ring is 1. The Kier molecular flexibility index (Phi) is 6.78. The van der Waals surface area contributed by atoms with Gasteiger partial charge in [-0.25, -0.2) is 4.79 Å². The maximum atomic E-state index is 13.2. The Hall–Kier alpha value is -4.21. The number of carbonyl (C=O) groups excluding carboxylic acids is 3. The second-order valence-corrected chi connectivity index (χ2v) is 8.15. The summed E-state index contributed by atoms with van der Waals surface area (Å²) < 4.78 is 22.5. The van der Waals surface area contributed by atoms with Gasteiger partial charge in [0, 0.05) is 24.1 Å². The average molecular weight is 491 g/mol. The lowest BCUT2D eigenvalue weighted by atomic mass is 9.82. The molecule has 36 heavy (non-hydrogen) atoms. The molecular formula is C27H25NO8. The molecule has 3 aromatic rings. The molecule has 0 heterocycles. The van der Waals surface area contributed by atoms with E-state index in [1.165, 1.54) is 26.0 Å². The van der Waals surface area contributed by atoms with Gasteiger partial charge in [0.15, 0.2) is 23.4 Å². The van der Waals surface area contributed by atoms with E-state index in [0.29, 0.717) is 5.75 Å². The van der Waals surface area contributed by atoms with Crippen LogP contribution < -0.4 is 15.2 Å². The number of benzene rings is 3. The standard InChI is InChI=1S/C27H25NO8/c1-4-33-27(3,35-15(2)26(32)34-16-10-6-5-7-11-16)36-20-14-19(29)21-22(23(20)28)25(31)18-13-9-8-12-17(18)24(21)30/h5-15,29H,4,28H2,1-3H3. The minimum atomic E-state index is -1.86. The zero-order valence-electron chi connectivity index (χ0n) is 19.9. The second-order valence-electron chi connectivity index (χ2n) is 8.15. The molecule has 0 saturated heterocycles. The Bertz CT molecular complexity index is 1340. The molecular weight excluding hydrogens is 466 g/mol. The highest BCUT2D eigenvalue weighted by Gasteiger charge is 2.39.